The summed E-state index contributed by atoms with van der Waals surface area (Å²) in [5.41, 5.74) is 17.8. The van der Waals surface area contributed by atoms with Gasteiger partial charge >= 0.3 is 23.9 Å². The number of nitrogens with zero attached hydrogens (tertiary/aromatic N) is 5. The summed E-state index contributed by atoms with van der Waals surface area (Å²) in [5.74, 6) is -6.56. The molecule has 4 atom stereocenters. The van der Waals surface area contributed by atoms with Crippen molar-refractivity contribution in [2.24, 2.45) is 16.5 Å². The highest BCUT2D eigenvalue weighted by Crippen LogP contribution is 2.27. The first-order valence-electron chi connectivity index (χ1n) is 34.3. The van der Waals surface area contributed by atoms with Crippen LogP contribution in [0.5, 0.6) is 5.75 Å². The molecule has 0 saturated carbocycles. The average Bonchev–Trinajstić information content (AvgIpc) is 0.827. The summed E-state index contributed by atoms with van der Waals surface area (Å²) in [5, 5.41) is 64.3. The molecule has 5 aromatic rings. The summed E-state index contributed by atoms with van der Waals surface area (Å²) in [4.78, 5) is 140. The van der Waals surface area contributed by atoms with E-state index in [1.54, 1.807) is 38.7 Å². The zero-order valence-corrected chi connectivity index (χ0v) is 57.7. The highest BCUT2D eigenvalue weighted by molar-refractivity contribution is 5.95. The van der Waals surface area contributed by atoms with E-state index in [0.29, 0.717) is 43.5 Å². The van der Waals surface area contributed by atoms with Crippen molar-refractivity contribution >= 4 is 71.0 Å². The first-order chi connectivity index (χ1) is 49.1. The van der Waals surface area contributed by atoms with Crippen LogP contribution in [0.1, 0.15) is 73.6 Å². The fourth-order valence-electron chi connectivity index (χ4n) is 11.2. The molecule has 17 N–H and O–H groups in total. The number of anilines is 1. The number of phenols is 1. The van der Waals surface area contributed by atoms with Crippen LogP contribution in [0.15, 0.2) is 138 Å². The molecule has 0 aliphatic carbocycles. The lowest BCUT2D eigenvalue weighted by molar-refractivity contribution is -0.140. The van der Waals surface area contributed by atoms with Crippen LogP contribution in [-0.2, 0) is 56.1 Å². The molecule has 0 bridgehead atoms. The molecule has 1 saturated heterocycles. The van der Waals surface area contributed by atoms with Crippen molar-refractivity contribution in [3.63, 3.8) is 0 Å². The van der Waals surface area contributed by atoms with Crippen molar-refractivity contribution in [3.05, 3.63) is 156 Å². The molecular weight excluding hydrogens is 1310 g/mol. The van der Waals surface area contributed by atoms with E-state index in [4.69, 9.17) is 11.5 Å². The van der Waals surface area contributed by atoms with Gasteiger partial charge in [-0.2, -0.15) is 0 Å². The number of benzene rings is 5. The minimum Gasteiger partial charge on any atom is -0.508 e. The third-order valence-corrected chi connectivity index (χ3v) is 16.7. The third-order valence-electron chi connectivity index (χ3n) is 16.7. The average molecular weight is 1410 g/mol. The third kappa shape index (κ3) is 30.5. The van der Waals surface area contributed by atoms with Crippen molar-refractivity contribution in [3.8, 4) is 16.9 Å². The van der Waals surface area contributed by atoms with Gasteiger partial charge in [-0.25, -0.2) is 4.79 Å². The lowest BCUT2D eigenvalue weighted by Crippen LogP contribution is -2.53. The number of rotatable bonds is 38. The van der Waals surface area contributed by atoms with Gasteiger partial charge in [-0.1, -0.05) is 116 Å². The van der Waals surface area contributed by atoms with Crippen molar-refractivity contribution in [2.75, 3.05) is 123 Å². The Morgan fingerprint density at radius 1 is 0.480 bits per heavy atom. The molecule has 30 nitrogen and oxygen atoms in total. The predicted octanol–water partition coefficient (Wildman–Crippen LogP) is 1.26. The molecule has 1 aliphatic heterocycles. The van der Waals surface area contributed by atoms with Crippen molar-refractivity contribution in [1.29, 1.82) is 0 Å². The Kier molecular flexibility index (Phi) is 34.6. The monoisotopic (exact) mass is 1410 g/mol. The second-order valence-electron chi connectivity index (χ2n) is 24.7. The second kappa shape index (κ2) is 43.9. The highest BCUT2D eigenvalue weighted by Gasteiger charge is 2.30. The molecule has 0 spiro atoms. The van der Waals surface area contributed by atoms with E-state index in [1.165, 1.54) is 12.1 Å². The Bertz CT molecular complexity index is 3490. The van der Waals surface area contributed by atoms with Crippen LogP contribution in [-0.4, -0.2) is 241 Å². The fraction of sp³-hybridized carbons (Fsp3) is 0.431. The number of hydrogen-bond acceptors (Lipinski definition) is 18. The largest absolute Gasteiger partial charge is 0.508 e. The van der Waals surface area contributed by atoms with E-state index in [2.05, 4.69) is 52.8 Å². The standard InChI is InChI=1S/C72H98N16O14/c1-2-61(90)76-34-35-80-72(102)84-71(74)79-31-10-17-59(68(99)81-45-51-20-28-57(89)29-21-51)83-70(101)66(54-14-7-4-8-15-54)55-24-26-56(27-25-55)75-32-11-33-77-67(98)58(73)16-9-30-78-69(100)60(44-50-18-22-53(23-19-50)52-12-5-3-6-13-52)82-62(91)46-85-36-38-86(47-63(92)93)40-42-88(49-65(96)97)43-41-87(39-37-85)48-64(94)95/h3-8,12-15,18-29,58-60,66,75,89H,2,9-11,16-17,30-49,73H2,1H3,(H,76,90)(H,77,98)(H,78,100)(H,81,99)(H,82,91)(H,83,101)(H,92,93)(H,94,95)(H,96,97)(H4,74,79,80,84,102)/t58-,59-,60-,66?/m1/s1. The van der Waals surface area contributed by atoms with Gasteiger partial charge in [0, 0.05) is 117 Å². The minimum atomic E-state index is -1.08. The Morgan fingerprint density at radius 2 is 0.990 bits per heavy atom. The summed E-state index contributed by atoms with van der Waals surface area (Å²) >= 11 is 0. The van der Waals surface area contributed by atoms with E-state index >= 15 is 0 Å². The Balaban J connectivity index is 1.00. The van der Waals surface area contributed by atoms with E-state index in [1.807, 2.05) is 109 Å². The molecule has 5 aromatic carbocycles. The van der Waals surface area contributed by atoms with Crippen LogP contribution in [0.4, 0.5) is 10.5 Å². The molecule has 0 radical (unpaired) electrons. The molecule has 1 aliphatic rings. The summed E-state index contributed by atoms with van der Waals surface area (Å²) in [6.45, 7) is 3.70. The predicted molar refractivity (Wildman–Crippen MR) is 385 cm³/mol. The number of urea groups is 1. The second-order valence-corrected chi connectivity index (χ2v) is 24.7. The quantitative estimate of drug-likeness (QED) is 0.0150. The summed E-state index contributed by atoms with van der Waals surface area (Å²) in [6.07, 6.45) is 1.95. The number of nitrogens with one attached hydrogen (secondary N) is 9. The van der Waals surface area contributed by atoms with Gasteiger partial charge in [0.1, 0.15) is 17.8 Å². The van der Waals surface area contributed by atoms with Gasteiger partial charge in [0.05, 0.1) is 38.1 Å². The number of guanidine groups is 1. The lowest BCUT2D eigenvalue weighted by Gasteiger charge is -2.33. The first kappa shape index (κ1) is 80.4. The number of aliphatic imine (C=N–C) groups is 1. The number of carbonyl (C=O) groups is 10. The zero-order valence-electron chi connectivity index (χ0n) is 57.7. The van der Waals surface area contributed by atoms with E-state index in [-0.39, 0.29) is 160 Å². The summed E-state index contributed by atoms with van der Waals surface area (Å²) < 4.78 is 0. The van der Waals surface area contributed by atoms with Crippen LogP contribution >= 0.6 is 0 Å². The molecule has 0 aromatic heterocycles. The fourth-order valence-corrected chi connectivity index (χ4v) is 11.2. The number of carbonyl (C=O) groups excluding carboxylic acids is 7. The Labute approximate surface area is 593 Å². The maximum Gasteiger partial charge on any atom is 0.321 e. The molecule has 8 amide bonds. The normalized spacial score (nSPS) is 14.7. The molecule has 550 valence electrons. The SMILES string of the molecule is CCC(=O)NCCNC(=O)NC(N)=NCCC[C@@H](NC(=O)C(c1ccccc1)c1ccc(NCCCNC(=O)[C@H](N)CCCNC(=O)[C@@H](Cc2ccc(-c3ccccc3)cc2)NC(=O)CN2CCN(CC(=O)O)CCN(CC(=O)O)CCN(CC(=O)O)CC2)cc1)C(=O)NCc1ccc(O)cc1. The Morgan fingerprint density at radius 3 is 1.57 bits per heavy atom. The van der Waals surface area contributed by atoms with Crippen LogP contribution < -0.4 is 59.3 Å². The van der Waals surface area contributed by atoms with Gasteiger partial charge in [0.2, 0.25) is 35.4 Å². The Hall–Kier alpha value is -10.5. The smallest absolute Gasteiger partial charge is 0.321 e. The topological polar surface area (TPSA) is 437 Å². The molecule has 1 heterocycles. The van der Waals surface area contributed by atoms with Gasteiger partial charge in [-0.15, -0.1) is 0 Å². The van der Waals surface area contributed by atoms with Crippen LogP contribution in [0.2, 0.25) is 0 Å². The highest BCUT2D eigenvalue weighted by atomic mass is 16.4. The van der Waals surface area contributed by atoms with Crippen molar-refractivity contribution < 1.29 is 68.4 Å². The zero-order chi connectivity index (χ0) is 73.6. The molecule has 6 rings (SSSR count). The number of amides is 8. The number of aliphatic carboxylic acids is 3. The number of carboxylic acids is 3. The minimum absolute atomic E-state index is 0.0693. The van der Waals surface area contributed by atoms with Crippen LogP contribution in [0.3, 0.4) is 0 Å². The van der Waals surface area contributed by atoms with Gasteiger partial charge in [0.25, 0.3) is 0 Å². The van der Waals surface area contributed by atoms with Gasteiger partial charge in [-0.05, 0) is 89.8 Å². The number of carboxylic acid groups (broad SMARTS) is 3. The molecular formula is C72H98N16O14. The van der Waals surface area contributed by atoms with Gasteiger partial charge in [-0.3, -0.25) is 73.1 Å². The molecule has 30 heteroatoms. The molecule has 1 unspecified atom stereocenters. The summed E-state index contributed by atoms with van der Waals surface area (Å²) in [6, 6.07) is 36.6. The van der Waals surface area contributed by atoms with E-state index in [0.717, 1.165) is 27.9 Å². The van der Waals surface area contributed by atoms with Crippen LogP contribution in [0.25, 0.3) is 11.1 Å². The van der Waals surface area contributed by atoms with Crippen molar-refractivity contribution in [1.82, 2.24) is 62.1 Å². The number of hydrogen-bond donors (Lipinski definition) is 15. The molecule has 1 fully saturated rings. The van der Waals surface area contributed by atoms with Crippen molar-refractivity contribution in [2.45, 2.75) is 82.5 Å². The first-order valence-corrected chi connectivity index (χ1v) is 34.3. The lowest BCUT2D eigenvalue weighted by atomic mass is 9.90. The number of aromatic hydroxyl groups is 1. The van der Waals surface area contributed by atoms with Gasteiger partial charge < -0.3 is 74.4 Å². The maximum atomic E-state index is 14.5. The van der Waals surface area contributed by atoms with E-state index in [9.17, 15) is 68.4 Å². The van der Waals surface area contributed by atoms with Gasteiger partial charge in [0.15, 0.2) is 5.96 Å². The van der Waals surface area contributed by atoms with Crippen LogP contribution in [0, 0.1) is 0 Å². The maximum absolute atomic E-state index is 14.5. The summed E-state index contributed by atoms with van der Waals surface area (Å²) in [7, 11) is 0. The van der Waals surface area contributed by atoms with E-state index < -0.39 is 71.6 Å². The number of phenolic OH excluding ortho intramolecular Hbond substituents is 1. The molecule has 102 heavy (non-hydrogen) atoms. The number of nitrogens with two attached hydrogens (primary N) is 2.